The van der Waals surface area contributed by atoms with Crippen molar-refractivity contribution in [2.75, 3.05) is 13.2 Å². The van der Waals surface area contributed by atoms with Crippen molar-refractivity contribution in [3.05, 3.63) is 47.3 Å². The van der Waals surface area contributed by atoms with E-state index in [0.29, 0.717) is 13.1 Å². The Labute approximate surface area is 145 Å². The summed E-state index contributed by atoms with van der Waals surface area (Å²) >= 11 is 0. The molecule has 1 saturated heterocycles. The van der Waals surface area contributed by atoms with Crippen LogP contribution in [-0.4, -0.2) is 39.8 Å². The number of nitrogens with zero attached hydrogens (tertiary/aromatic N) is 3. The number of likely N-dealkylation sites (tertiary alicyclic amines) is 1. The van der Waals surface area contributed by atoms with E-state index in [1.165, 1.54) is 6.07 Å². The van der Waals surface area contributed by atoms with Gasteiger partial charge in [0.1, 0.15) is 5.82 Å². The maximum absolute atomic E-state index is 13.6. The second kappa shape index (κ2) is 7.21. The number of carbonyl (C=O) groups excluding carboxylic acids is 1. The number of aromatic nitrogens is 2. The van der Waals surface area contributed by atoms with Gasteiger partial charge in [0.05, 0.1) is 18.3 Å². The van der Waals surface area contributed by atoms with Gasteiger partial charge in [-0.1, -0.05) is 0 Å². The second-order valence-electron chi connectivity index (χ2n) is 6.36. The number of carbonyl (C=O) groups is 1. The normalized spacial score (nSPS) is 17.1. The Hall–Kier alpha value is -2.44. The molecule has 1 amide bonds. The Balaban J connectivity index is 1.61. The third-order valence-electron chi connectivity index (χ3n) is 4.43. The minimum atomic E-state index is -0.812. The van der Waals surface area contributed by atoms with Crippen LogP contribution in [0.15, 0.2) is 24.3 Å². The van der Waals surface area contributed by atoms with Crippen LogP contribution in [0.2, 0.25) is 0 Å². The van der Waals surface area contributed by atoms with Crippen LogP contribution >= 0.6 is 0 Å². The van der Waals surface area contributed by atoms with E-state index in [4.69, 9.17) is 4.74 Å². The van der Waals surface area contributed by atoms with Gasteiger partial charge in [-0.25, -0.2) is 8.78 Å². The van der Waals surface area contributed by atoms with E-state index in [2.05, 4.69) is 5.10 Å². The number of rotatable bonds is 5. The van der Waals surface area contributed by atoms with Crippen molar-refractivity contribution < 1.29 is 18.3 Å². The molecule has 2 heterocycles. The molecule has 1 aromatic carbocycles. The quantitative estimate of drug-likeness (QED) is 0.834. The first-order valence-corrected chi connectivity index (χ1v) is 8.32. The number of amides is 1. The summed E-state index contributed by atoms with van der Waals surface area (Å²) in [4.78, 5) is 14.2. The molecule has 2 aromatic rings. The molecule has 5 nitrogen and oxygen atoms in total. The summed E-state index contributed by atoms with van der Waals surface area (Å²) in [5, 5.41) is 4.44. The van der Waals surface area contributed by atoms with Crippen LogP contribution in [0.25, 0.3) is 0 Å². The molecule has 1 aliphatic heterocycles. The molecule has 0 saturated carbocycles. The topological polar surface area (TPSA) is 47.4 Å². The van der Waals surface area contributed by atoms with Crippen LogP contribution in [0.3, 0.4) is 0 Å². The molecule has 3 rings (SSSR count). The molecule has 0 N–H and O–H groups in total. The number of aryl methyl sites for hydroxylation is 2. The van der Waals surface area contributed by atoms with Gasteiger partial charge in [0.2, 0.25) is 0 Å². The lowest BCUT2D eigenvalue weighted by atomic mass is 10.2. The van der Waals surface area contributed by atoms with E-state index >= 15 is 0 Å². The number of ether oxygens (including phenoxy) is 1. The first-order chi connectivity index (χ1) is 11.9. The van der Waals surface area contributed by atoms with Gasteiger partial charge in [0.15, 0.2) is 18.2 Å². The largest absolute Gasteiger partial charge is 0.481 e. The van der Waals surface area contributed by atoms with Crippen LogP contribution < -0.4 is 4.74 Å². The summed E-state index contributed by atoms with van der Waals surface area (Å²) < 4.78 is 33.6. The van der Waals surface area contributed by atoms with Crippen molar-refractivity contribution >= 4 is 5.91 Å². The zero-order chi connectivity index (χ0) is 18.0. The molecule has 1 aliphatic rings. The van der Waals surface area contributed by atoms with E-state index in [1.807, 2.05) is 24.6 Å². The number of halogens is 2. The van der Waals surface area contributed by atoms with Crippen LogP contribution in [0.1, 0.15) is 24.2 Å². The molecule has 1 fully saturated rings. The Morgan fingerprint density at radius 3 is 2.80 bits per heavy atom. The van der Waals surface area contributed by atoms with Gasteiger partial charge in [0.25, 0.3) is 5.91 Å². The molecule has 0 spiro atoms. The maximum Gasteiger partial charge on any atom is 0.260 e. The van der Waals surface area contributed by atoms with Crippen LogP contribution in [0, 0.1) is 25.5 Å². The Bertz CT molecular complexity index is 776. The fourth-order valence-corrected chi connectivity index (χ4v) is 3.23. The zero-order valence-corrected chi connectivity index (χ0v) is 14.3. The van der Waals surface area contributed by atoms with Crippen LogP contribution in [-0.2, 0) is 11.3 Å². The van der Waals surface area contributed by atoms with Gasteiger partial charge in [-0.3, -0.25) is 9.48 Å². The van der Waals surface area contributed by atoms with Crippen molar-refractivity contribution in [3.8, 4) is 5.75 Å². The second-order valence-corrected chi connectivity index (χ2v) is 6.36. The minimum absolute atomic E-state index is 0.0483. The molecule has 0 bridgehead atoms. The summed E-state index contributed by atoms with van der Waals surface area (Å²) in [5.41, 5.74) is 2.00. The third kappa shape index (κ3) is 3.97. The third-order valence-corrected chi connectivity index (χ3v) is 4.43. The fraction of sp³-hybridized carbons (Fsp3) is 0.444. The van der Waals surface area contributed by atoms with Crippen molar-refractivity contribution in [2.24, 2.45) is 0 Å². The molecule has 1 atom stereocenters. The Morgan fingerprint density at radius 2 is 2.12 bits per heavy atom. The highest BCUT2D eigenvalue weighted by Gasteiger charge is 2.29. The van der Waals surface area contributed by atoms with Crippen LogP contribution in [0.4, 0.5) is 8.78 Å². The monoisotopic (exact) mass is 349 g/mol. The van der Waals surface area contributed by atoms with Gasteiger partial charge in [-0.05, 0) is 44.9 Å². The lowest BCUT2D eigenvalue weighted by Crippen LogP contribution is -2.41. The highest BCUT2D eigenvalue weighted by atomic mass is 19.1. The molecule has 0 unspecified atom stereocenters. The van der Waals surface area contributed by atoms with E-state index in [9.17, 15) is 13.6 Å². The molecule has 1 aromatic heterocycles. The molecular weight excluding hydrogens is 328 g/mol. The fourth-order valence-electron chi connectivity index (χ4n) is 3.23. The number of hydrogen-bond donors (Lipinski definition) is 0. The predicted octanol–water partition coefficient (Wildman–Crippen LogP) is 2.85. The smallest absolute Gasteiger partial charge is 0.260 e. The molecule has 134 valence electrons. The average molecular weight is 349 g/mol. The number of hydrogen-bond acceptors (Lipinski definition) is 3. The molecule has 0 radical (unpaired) electrons. The van der Waals surface area contributed by atoms with Crippen LogP contribution in [0.5, 0.6) is 5.75 Å². The highest BCUT2D eigenvalue weighted by molar-refractivity contribution is 5.78. The lowest BCUT2D eigenvalue weighted by Gasteiger charge is -2.25. The zero-order valence-electron chi connectivity index (χ0n) is 14.3. The van der Waals surface area contributed by atoms with E-state index < -0.39 is 11.6 Å². The molecule has 0 aliphatic carbocycles. The molecule has 25 heavy (non-hydrogen) atoms. The van der Waals surface area contributed by atoms with E-state index in [0.717, 1.165) is 36.4 Å². The molecular formula is C18H21F2N3O2. The minimum Gasteiger partial charge on any atom is -0.481 e. The predicted molar refractivity (Wildman–Crippen MR) is 88.3 cm³/mol. The Morgan fingerprint density at radius 1 is 1.32 bits per heavy atom. The SMILES string of the molecule is Cc1cc(C)n(C[C@H]2CCCN2C(=O)COc2ccc(F)cc2F)n1. The highest BCUT2D eigenvalue weighted by Crippen LogP contribution is 2.21. The summed E-state index contributed by atoms with van der Waals surface area (Å²) in [5.74, 6) is -1.81. The van der Waals surface area contributed by atoms with Gasteiger partial charge in [-0.15, -0.1) is 0 Å². The summed E-state index contributed by atoms with van der Waals surface area (Å²) in [7, 11) is 0. The van der Waals surface area contributed by atoms with Crippen molar-refractivity contribution in [3.63, 3.8) is 0 Å². The van der Waals surface area contributed by atoms with Crippen molar-refractivity contribution in [1.82, 2.24) is 14.7 Å². The maximum atomic E-state index is 13.6. The van der Waals surface area contributed by atoms with Gasteiger partial charge >= 0.3 is 0 Å². The van der Waals surface area contributed by atoms with E-state index in [-0.39, 0.29) is 24.3 Å². The van der Waals surface area contributed by atoms with Gasteiger partial charge in [0, 0.05) is 18.3 Å². The summed E-state index contributed by atoms with van der Waals surface area (Å²) in [6, 6.07) is 5.08. The lowest BCUT2D eigenvalue weighted by molar-refractivity contribution is -0.134. The standard InChI is InChI=1S/C18H21F2N3O2/c1-12-8-13(2)23(21-12)10-15-4-3-7-22(15)18(24)11-25-17-6-5-14(19)9-16(17)20/h5-6,8-9,15H,3-4,7,10-11H2,1-2H3/t15-/m1/s1. The molecule has 7 heteroatoms. The first kappa shape index (κ1) is 17.4. The van der Waals surface area contributed by atoms with E-state index in [1.54, 1.807) is 4.90 Å². The van der Waals surface area contributed by atoms with Gasteiger partial charge < -0.3 is 9.64 Å². The van der Waals surface area contributed by atoms with Gasteiger partial charge in [-0.2, -0.15) is 5.10 Å². The summed E-state index contributed by atoms with van der Waals surface area (Å²) in [6.07, 6.45) is 1.82. The Kier molecular flexibility index (Phi) is 5.01. The average Bonchev–Trinajstić information content (AvgIpc) is 3.13. The number of benzene rings is 1. The summed E-state index contributed by atoms with van der Waals surface area (Å²) in [6.45, 7) is 4.94. The first-order valence-electron chi connectivity index (χ1n) is 8.32. The van der Waals surface area contributed by atoms with Crippen molar-refractivity contribution in [2.45, 2.75) is 39.3 Å². The van der Waals surface area contributed by atoms with Crippen molar-refractivity contribution in [1.29, 1.82) is 0 Å².